The molecule has 100 valence electrons. The summed E-state index contributed by atoms with van der Waals surface area (Å²) < 4.78 is 10.8. The number of ether oxygens (including phenoxy) is 2. The number of benzene rings is 1. The molecule has 4 nitrogen and oxygen atoms in total. The Labute approximate surface area is 108 Å². The lowest BCUT2D eigenvalue weighted by Crippen LogP contribution is -2.41. The van der Waals surface area contributed by atoms with Crippen molar-refractivity contribution in [3.8, 4) is 11.5 Å². The highest BCUT2D eigenvalue weighted by atomic mass is 16.5. The van der Waals surface area contributed by atoms with Gasteiger partial charge in [-0.25, -0.2) is 0 Å². The van der Waals surface area contributed by atoms with E-state index in [0.717, 1.165) is 6.42 Å². The molecule has 1 aromatic rings. The van der Waals surface area contributed by atoms with Crippen LogP contribution in [-0.4, -0.2) is 25.2 Å². The van der Waals surface area contributed by atoms with Crippen molar-refractivity contribution in [2.45, 2.75) is 39.3 Å². The molecule has 1 rings (SSSR count). The summed E-state index contributed by atoms with van der Waals surface area (Å²) in [6, 6.07) is 7.44. The van der Waals surface area contributed by atoms with Gasteiger partial charge in [0.1, 0.15) is 0 Å². The summed E-state index contributed by atoms with van der Waals surface area (Å²) in [6.07, 6.45) is 0.350. The summed E-state index contributed by atoms with van der Waals surface area (Å²) in [5, 5.41) is 2.88. The highest BCUT2D eigenvalue weighted by Gasteiger charge is 2.17. The molecule has 0 spiro atoms. The quantitative estimate of drug-likeness (QED) is 0.844. The third-order valence-corrected chi connectivity index (χ3v) is 2.74. The van der Waals surface area contributed by atoms with Gasteiger partial charge in [-0.05, 0) is 32.4 Å². The summed E-state index contributed by atoms with van der Waals surface area (Å²) in [5.74, 6) is 1.09. The molecule has 1 N–H and O–H groups in total. The van der Waals surface area contributed by atoms with E-state index >= 15 is 0 Å². The Morgan fingerprint density at radius 2 is 1.89 bits per heavy atom. The number of hydrogen-bond acceptors (Lipinski definition) is 3. The topological polar surface area (TPSA) is 47.6 Å². The maximum Gasteiger partial charge on any atom is 0.260 e. The van der Waals surface area contributed by atoms with Crippen LogP contribution in [0.3, 0.4) is 0 Å². The minimum Gasteiger partial charge on any atom is -0.493 e. The fourth-order valence-electron chi connectivity index (χ4n) is 1.42. The lowest BCUT2D eigenvalue weighted by Gasteiger charge is -2.18. The Kier molecular flexibility index (Phi) is 5.49. The molecule has 1 aromatic carbocycles. The second-order valence-corrected chi connectivity index (χ2v) is 4.23. The molecular weight excluding hydrogens is 230 g/mol. The standard InChI is InChI=1S/C14H21NO3/c1-5-10(2)15-14(16)11(3)18-13-9-7-6-8-12(13)17-4/h6-11H,5H2,1-4H3,(H,15,16)/t10-,11-/m0/s1. The lowest BCUT2D eigenvalue weighted by atomic mass is 10.2. The highest BCUT2D eigenvalue weighted by molar-refractivity contribution is 5.81. The molecule has 0 unspecified atom stereocenters. The van der Waals surface area contributed by atoms with Gasteiger partial charge in [0.2, 0.25) is 0 Å². The third kappa shape index (κ3) is 3.95. The molecule has 0 saturated heterocycles. The molecule has 0 aliphatic carbocycles. The predicted octanol–water partition coefficient (Wildman–Crippen LogP) is 2.38. The summed E-state index contributed by atoms with van der Waals surface area (Å²) in [5.41, 5.74) is 0. The largest absolute Gasteiger partial charge is 0.493 e. The van der Waals surface area contributed by atoms with Crippen LogP contribution in [-0.2, 0) is 4.79 Å². The van der Waals surface area contributed by atoms with Crippen molar-refractivity contribution >= 4 is 5.91 Å². The van der Waals surface area contributed by atoms with E-state index in [0.29, 0.717) is 11.5 Å². The van der Waals surface area contributed by atoms with Gasteiger partial charge < -0.3 is 14.8 Å². The van der Waals surface area contributed by atoms with E-state index in [4.69, 9.17) is 9.47 Å². The summed E-state index contributed by atoms with van der Waals surface area (Å²) in [4.78, 5) is 11.8. The Morgan fingerprint density at radius 1 is 1.28 bits per heavy atom. The fraction of sp³-hybridized carbons (Fsp3) is 0.500. The maximum atomic E-state index is 11.8. The van der Waals surface area contributed by atoms with Crippen LogP contribution in [0, 0.1) is 0 Å². The normalized spacial score (nSPS) is 13.6. The zero-order chi connectivity index (χ0) is 13.5. The van der Waals surface area contributed by atoms with Gasteiger partial charge in [-0.2, -0.15) is 0 Å². The Morgan fingerprint density at radius 3 is 2.44 bits per heavy atom. The van der Waals surface area contributed by atoms with Crippen LogP contribution in [0.15, 0.2) is 24.3 Å². The number of methoxy groups -OCH3 is 1. The molecule has 18 heavy (non-hydrogen) atoms. The number of rotatable bonds is 6. The monoisotopic (exact) mass is 251 g/mol. The average molecular weight is 251 g/mol. The average Bonchev–Trinajstić information content (AvgIpc) is 2.39. The number of amides is 1. The van der Waals surface area contributed by atoms with Crippen molar-refractivity contribution < 1.29 is 14.3 Å². The van der Waals surface area contributed by atoms with Crippen molar-refractivity contribution in [1.29, 1.82) is 0 Å². The molecule has 0 aliphatic heterocycles. The third-order valence-electron chi connectivity index (χ3n) is 2.74. The van der Waals surface area contributed by atoms with Gasteiger partial charge >= 0.3 is 0 Å². The van der Waals surface area contributed by atoms with E-state index in [1.165, 1.54) is 0 Å². The van der Waals surface area contributed by atoms with Crippen LogP contribution in [0.2, 0.25) is 0 Å². The minimum absolute atomic E-state index is 0.116. The zero-order valence-corrected chi connectivity index (χ0v) is 11.4. The van der Waals surface area contributed by atoms with Crippen molar-refractivity contribution in [2.75, 3.05) is 7.11 Å². The second-order valence-electron chi connectivity index (χ2n) is 4.23. The SMILES string of the molecule is CC[C@H](C)NC(=O)[C@H](C)Oc1ccccc1OC. The summed E-state index contributed by atoms with van der Waals surface area (Å²) >= 11 is 0. The lowest BCUT2D eigenvalue weighted by molar-refractivity contribution is -0.127. The predicted molar refractivity (Wildman–Crippen MR) is 71.0 cm³/mol. The van der Waals surface area contributed by atoms with E-state index in [1.807, 2.05) is 26.0 Å². The van der Waals surface area contributed by atoms with Gasteiger partial charge in [-0.1, -0.05) is 19.1 Å². The molecule has 0 aliphatic rings. The molecule has 0 radical (unpaired) electrons. The zero-order valence-electron chi connectivity index (χ0n) is 11.4. The van der Waals surface area contributed by atoms with Crippen molar-refractivity contribution in [2.24, 2.45) is 0 Å². The molecule has 1 amide bonds. The van der Waals surface area contributed by atoms with Crippen LogP contribution < -0.4 is 14.8 Å². The molecule has 0 aromatic heterocycles. The van der Waals surface area contributed by atoms with Gasteiger partial charge in [-0.3, -0.25) is 4.79 Å². The van der Waals surface area contributed by atoms with E-state index in [2.05, 4.69) is 5.32 Å². The molecule has 2 atom stereocenters. The van der Waals surface area contributed by atoms with Crippen LogP contribution in [0.1, 0.15) is 27.2 Å². The van der Waals surface area contributed by atoms with Crippen LogP contribution in [0.25, 0.3) is 0 Å². The number of carbonyl (C=O) groups is 1. The van der Waals surface area contributed by atoms with E-state index < -0.39 is 6.10 Å². The smallest absolute Gasteiger partial charge is 0.260 e. The molecule has 0 heterocycles. The van der Waals surface area contributed by atoms with Gasteiger partial charge in [0, 0.05) is 6.04 Å². The number of para-hydroxylation sites is 2. The second kappa shape index (κ2) is 6.89. The first-order valence-electron chi connectivity index (χ1n) is 6.18. The van der Waals surface area contributed by atoms with E-state index in [-0.39, 0.29) is 11.9 Å². The van der Waals surface area contributed by atoms with E-state index in [9.17, 15) is 4.79 Å². The first-order valence-corrected chi connectivity index (χ1v) is 6.18. The molecule has 0 saturated carbocycles. The molecular formula is C14H21NO3. The highest BCUT2D eigenvalue weighted by Crippen LogP contribution is 2.26. The van der Waals surface area contributed by atoms with Gasteiger partial charge in [0.25, 0.3) is 5.91 Å². The Hall–Kier alpha value is -1.71. The van der Waals surface area contributed by atoms with Crippen LogP contribution in [0.4, 0.5) is 0 Å². The Balaban J connectivity index is 2.63. The van der Waals surface area contributed by atoms with Crippen molar-refractivity contribution in [3.63, 3.8) is 0 Å². The maximum absolute atomic E-state index is 11.8. The van der Waals surface area contributed by atoms with Crippen molar-refractivity contribution in [1.82, 2.24) is 5.32 Å². The number of hydrogen-bond donors (Lipinski definition) is 1. The summed E-state index contributed by atoms with van der Waals surface area (Å²) in [7, 11) is 1.58. The minimum atomic E-state index is -0.546. The fourth-order valence-corrected chi connectivity index (χ4v) is 1.42. The van der Waals surface area contributed by atoms with Crippen LogP contribution in [0.5, 0.6) is 11.5 Å². The number of nitrogens with one attached hydrogen (secondary N) is 1. The van der Waals surface area contributed by atoms with Crippen LogP contribution >= 0.6 is 0 Å². The molecule has 4 heteroatoms. The van der Waals surface area contributed by atoms with Crippen molar-refractivity contribution in [3.05, 3.63) is 24.3 Å². The molecule has 0 fully saturated rings. The van der Waals surface area contributed by atoms with Gasteiger partial charge in [-0.15, -0.1) is 0 Å². The Bertz CT molecular complexity index is 392. The first-order chi connectivity index (χ1) is 8.58. The first kappa shape index (κ1) is 14.4. The van der Waals surface area contributed by atoms with Gasteiger partial charge in [0.05, 0.1) is 7.11 Å². The van der Waals surface area contributed by atoms with E-state index in [1.54, 1.807) is 26.2 Å². The molecule has 0 bridgehead atoms. The van der Waals surface area contributed by atoms with Gasteiger partial charge in [0.15, 0.2) is 17.6 Å². The number of carbonyl (C=O) groups excluding carboxylic acids is 1. The summed E-state index contributed by atoms with van der Waals surface area (Å²) in [6.45, 7) is 5.72.